The van der Waals surface area contributed by atoms with Crippen LogP contribution in [-0.2, 0) is 30.5 Å². The molecule has 0 saturated carbocycles. The highest BCUT2D eigenvalue weighted by atomic mass is 35.5. The van der Waals surface area contributed by atoms with E-state index < -0.39 is 35.3 Å². The van der Waals surface area contributed by atoms with Crippen molar-refractivity contribution >= 4 is 80.6 Å². The minimum absolute atomic E-state index is 0.00255. The number of thiazole rings is 1. The van der Waals surface area contributed by atoms with Crippen LogP contribution in [0.25, 0.3) is 21.3 Å². The number of ether oxygens (including phenoxy) is 1. The Balaban J connectivity index is 0.788. The van der Waals surface area contributed by atoms with E-state index in [0.717, 1.165) is 34.5 Å². The number of piperazine rings is 1. The van der Waals surface area contributed by atoms with Gasteiger partial charge in [0.2, 0.25) is 29.5 Å². The van der Waals surface area contributed by atoms with Crippen molar-refractivity contribution in [2.45, 2.75) is 97.4 Å². The number of aromatic nitrogens is 3. The molecule has 3 aromatic carbocycles. The van der Waals surface area contributed by atoms with E-state index in [2.05, 4.69) is 41.1 Å². The third-order valence-corrected chi connectivity index (χ3v) is 14.3. The Morgan fingerprint density at radius 3 is 2.38 bits per heavy atom. The number of likely N-dealkylation sites (tertiary alicyclic amines) is 1. The standard InChI is InChI=1S/C53H64ClFN10O7S/c1-33-48(73-32-59-33)35-16-14-34(15-17-35)29-56-51(70)43-26-37(66)30-65(43)52(71)49(53(2,3)4)62-46(68)11-8-6-7-9-13-47(69)64-23-21-63(22-24-64)20-10-12-45(67)61-42-27-38-41(28-44(42)72-5)57-31-58-50(38)60-36-18-19-40(55)39(54)25-36/h10,12,14-19,25,27-28,31-32,37,43,49,66H,6-9,11,13,20-24,26,29-30H2,1-5H3,(H,56,70)(H,61,67)(H,62,68)(H,57,58,60)/b12-10+/t37-,43+,49-/m1/s1. The second kappa shape index (κ2) is 24.9. The number of hydrogen-bond donors (Lipinski definition) is 5. The SMILES string of the molecule is COc1cc2ncnc(Nc3ccc(F)c(Cl)c3)c2cc1NC(=O)/C=C/CN1CCN(C(=O)CCCCCCC(=O)N[C@H](C(=O)N2C[C@H](O)C[C@H]2C(=O)NCc2ccc(-c3scnc3C)cc2)C(C)(C)C)CC1. The van der Waals surface area contributed by atoms with Crippen LogP contribution in [0.1, 0.15) is 77.0 Å². The van der Waals surface area contributed by atoms with Gasteiger partial charge in [-0.3, -0.25) is 28.9 Å². The van der Waals surface area contributed by atoms with Gasteiger partial charge in [-0.15, -0.1) is 11.3 Å². The molecule has 5 N–H and O–H groups in total. The van der Waals surface area contributed by atoms with Crippen molar-refractivity contribution in [3.63, 3.8) is 0 Å². The van der Waals surface area contributed by atoms with Crippen LogP contribution in [0.15, 0.2) is 78.6 Å². The minimum Gasteiger partial charge on any atom is -0.494 e. The first-order chi connectivity index (χ1) is 35.0. The molecule has 0 aliphatic carbocycles. The molecule has 5 aromatic rings. The molecule has 20 heteroatoms. The second-order valence-corrected chi connectivity index (χ2v) is 20.7. The van der Waals surface area contributed by atoms with Crippen molar-refractivity contribution in [1.29, 1.82) is 0 Å². The third kappa shape index (κ3) is 14.6. The van der Waals surface area contributed by atoms with Gasteiger partial charge >= 0.3 is 0 Å². The molecule has 7 rings (SSSR count). The molecule has 5 amide bonds. The summed E-state index contributed by atoms with van der Waals surface area (Å²) < 4.78 is 19.3. The van der Waals surface area contributed by atoms with Crippen molar-refractivity contribution < 1.29 is 38.2 Å². The number of amides is 5. The van der Waals surface area contributed by atoms with Gasteiger partial charge in [0.05, 0.1) is 45.5 Å². The molecule has 2 aromatic heterocycles. The highest BCUT2D eigenvalue weighted by Crippen LogP contribution is 2.34. The summed E-state index contributed by atoms with van der Waals surface area (Å²) in [6.07, 6.45) is 7.27. The number of aliphatic hydroxyl groups excluding tert-OH is 1. The lowest BCUT2D eigenvalue weighted by Gasteiger charge is -2.35. The van der Waals surface area contributed by atoms with E-state index in [4.69, 9.17) is 16.3 Å². The summed E-state index contributed by atoms with van der Waals surface area (Å²) in [5.74, 6) is -1.02. The number of benzene rings is 3. The summed E-state index contributed by atoms with van der Waals surface area (Å²) in [5.41, 5.74) is 5.54. The summed E-state index contributed by atoms with van der Waals surface area (Å²) in [4.78, 5) is 86.4. The van der Waals surface area contributed by atoms with Gasteiger partial charge in [0, 0.05) is 88.3 Å². The molecule has 0 radical (unpaired) electrons. The number of methoxy groups -OCH3 is 1. The summed E-state index contributed by atoms with van der Waals surface area (Å²) in [6, 6.07) is 13.7. The summed E-state index contributed by atoms with van der Waals surface area (Å²) in [5, 5.41) is 23.0. The fourth-order valence-electron chi connectivity index (χ4n) is 8.91. The molecular formula is C53H64ClFN10O7S. The largest absolute Gasteiger partial charge is 0.494 e. The molecule has 2 aliphatic heterocycles. The molecule has 0 unspecified atom stereocenters. The Hall–Kier alpha value is -6.54. The molecule has 2 aliphatic rings. The Bertz CT molecular complexity index is 2800. The van der Waals surface area contributed by atoms with Crippen LogP contribution in [0.4, 0.5) is 21.6 Å². The van der Waals surface area contributed by atoms with Crippen molar-refractivity contribution in [1.82, 2.24) is 40.3 Å². The van der Waals surface area contributed by atoms with Gasteiger partial charge in [-0.2, -0.15) is 0 Å². The van der Waals surface area contributed by atoms with E-state index in [1.807, 2.05) is 62.4 Å². The predicted molar refractivity (Wildman–Crippen MR) is 281 cm³/mol. The van der Waals surface area contributed by atoms with Gasteiger partial charge < -0.3 is 40.9 Å². The Labute approximate surface area is 433 Å². The zero-order valence-electron chi connectivity index (χ0n) is 41.9. The van der Waals surface area contributed by atoms with Crippen molar-refractivity contribution in [3.05, 3.63) is 101 Å². The van der Waals surface area contributed by atoms with Gasteiger partial charge in [0.1, 0.15) is 35.8 Å². The monoisotopic (exact) mass is 1040 g/mol. The number of rotatable bonds is 20. The predicted octanol–water partition coefficient (Wildman–Crippen LogP) is 7.40. The van der Waals surface area contributed by atoms with Crippen molar-refractivity contribution in [2.24, 2.45) is 5.41 Å². The van der Waals surface area contributed by atoms with E-state index in [9.17, 15) is 33.5 Å². The molecule has 2 fully saturated rings. The van der Waals surface area contributed by atoms with Crippen molar-refractivity contribution in [3.8, 4) is 16.2 Å². The molecule has 0 spiro atoms. The molecule has 73 heavy (non-hydrogen) atoms. The van der Waals surface area contributed by atoms with Crippen LogP contribution in [-0.4, -0.2) is 129 Å². The molecular weight excluding hydrogens is 975 g/mol. The number of anilines is 3. The fourth-order valence-corrected chi connectivity index (χ4v) is 9.90. The lowest BCUT2D eigenvalue weighted by atomic mass is 9.85. The van der Waals surface area contributed by atoms with E-state index >= 15 is 0 Å². The van der Waals surface area contributed by atoms with Crippen molar-refractivity contribution in [2.75, 3.05) is 57.0 Å². The number of β-amino-alcohol motifs (C(OH)–C–C–N with tert-alkyl or cyclic N) is 1. The normalized spacial score (nSPS) is 16.7. The average molecular weight is 1040 g/mol. The second-order valence-electron chi connectivity index (χ2n) is 19.5. The smallest absolute Gasteiger partial charge is 0.248 e. The van der Waals surface area contributed by atoms with Crippen LogP contribution < -0.4 is 26.0 Å². The van der Waals surface area contributed by atoms with Gasteiger partial charge in [0.25, 0.3) is 0 Å². The van der Waals surface area contributed by atoms with E-state index in [1.54, 1.807) is 29.5 Å². The Morgan fingerprint density at radius 2 is 1.70 bits per heavy atom. The van der Waals surface area contributed by atoms with Crippen LogP contribution in [0.3, 0.4) is 0 Å². The van der Waals surface area contributed by atoms with Crippen LogP contribution >= 0.6 is 22.9 Å². The maximum Gasteiger partial charge on any atom is 0.248 e. The van der Waals surface area contributed by atoms with Crippen LogP contribution in [0.2, 0.25) is 5.02 Å². The molecule has 388 valence electrons. The number of carbonyl (C=O) groups excluding carboxylic acids is 5. The highest BCUT2D eigenvalue weighted by molar-refractivity contribution is 7.13. The van der Waals surface area contributed by atoms with Gasteiger partial charge in [-0.25, -0.2) is 19.3 Å². The topological polar surface area (TPSA) is 211 Å². The van der Waals surface area contributed by atoms with Gasteiger partial charge in [-0.05, 0) is 60.6 Å². The summed E-state index contributed by atoms with van der Waals surface area (Å²) in [7, 11) is 1.50. The first-order valence-corrected chi connectivity index (χ1v) is 25.8. The third-order valence-electron chi connectivity index (χ3n) is 13.0. The zero-order valence-corrected chi connectivity index (χ0v) is 43.5. The molecule has 3 atom stereocenters. The summed E-state index contributed by atoms with van der Waals surface area (Å²) >= 11 is 7.54. The fraction of sp³-hybridized carbons (Fsp3) is 0.434. The number of aryl methyl sites for hydroxylation is 1. The highest BCUT2D eigenvalue weighted by Gasteiger charge is 2.44. The van der Waals surface area contributed by atoms with Crippen LogP contribution in [0.5, 0.6) is 5.75 Å². The molecule has 17 nitrogen and oxygen atoms in total. The van der Waals surface area contributed by atoms with E-state index in [0.29, 0.717) is 85.8 Å². The quantitative estimate of drug-likeness (QED) is 0.0382. The Kier molecular flexibility index (Phi) is 18.5. The maximum atomic E-state index is 14.0. The number of unbranched alkanes of at least 4 members (excludes halogenated alkanes) is 3. The number of aliphatic hydroxyl groups is 1. The van der Waals surface area contributed by atoms with Crippen LogP contribution in [0, 0.1) is 18.2 Å². The summed E-state index contributed by atoms with van der Waals surface area (Å²) in [6.45, 7) is 10.8. The van der Waals surface area contributed by atoms with E-state index in [1.165, 1.54) is 42.6 Å². The number of fused-ring (bicyclic) bond motifs is 1. The molecule has 2 saturated heterocycles. The molecule has 0 bridgehead atoms. The maximum absolute atomic E-state index is 14.0. The number of carbonyl (C=O) groups is 5. The number of halogens is 2. The first kappa shape index (κ1) is 54.2. The zero-order chi connectivity index (χ0) is 52.2. The molecule has 4 heterocycles. The average Bonchev–Trinajstić information content (AvgIpc) is 3.99. The Morgan fingerprint density at radius 1 is 0.959 bits per heavy atom. The lowest BCUT2D eigenvalue weighted by Crippen LogP contribution is -2.57. The number of nitrogens with zero attached hydrogens (tertiary/aromatic N) is 6. The number of nitrogens with one attached hydrogen (secondary N) is 4. The van der Waals surface area contributed by atoms with E-state index in [-0.39, 0.29) is 54.6 Å². The lowest BCUT2D eigenvalue weighted by molar-refractivity contribution is -0.144. The van der Waals surface area contributed by atoms with Gasteiger partial charge in [-0.1, -0.05) is 75.6 Å². The minimum atomic E-state index is -0.907. The number of hydrogen-bond acceptors (Lipinski definition) is 13. The van der Waals surface area contributed by atoms with Gasteiger partial charge in [0.15, 0.2) is 0 Å². The first-order valence-electron chi connectivity index (χ1n) is 24.5.